The number of rotatable bonds is 4. The number of hydrogen-bond acceptors (Lipinski definition) is 4. The molecular formula is C12H14N2OS. The molecule has 0 radical (unpaired) electrons. The van der Waals surface area contributed by atoms with Crippen LogP contribution in [0.3, 0.4) is 0 Å². The highest BCUT2D eigenvalue weighted by atomic mass is 32.1. The predicted molar refractivity (Wildman–Crippen MR) is 65.8 cm³/mol. The first-order valence-corrected chi connectivity index (χ1v) is 5.90. The molecule has 0 saturated carbocycles. The summed E-state index contributed by atoms with van der Waals surface area (Å²) < 4.78 is 5.18. The smallest absolute Gasteiger partial charge is 0.119 e. The molecule has 3 nitrogen and oxygen atoms in total. The van der Waals surface area contributed by atoms with E-state index in [1.807, 2.05) is 24.4 Å². The Hall–Kier alpha value is -1.39. The zero-order valence-corrected chi connectivity index (χ0v) is 9.96. The van der Waals surface area contributed by atoms with E-state index >= 15 is 0 Å². The summed E-state index contributed by atoms with van der Waals surface area (Å²) in [5, 5.41) is 1.09. The van der Waals surface area contributed by atoms with Crippen LogP contribution in [0.5, 0.6) is 5.75 Å². The summed E-state index contributed by atoms with van der Waals surface area (Å²) in [6.45, 7) is 0.565. The van der Waals surface area contributed by atoms with E-state index in [1.54, 1.807) is 18.4 Å². The van der Waals surface area contributed by atoms with Crippen LogP contribution in [0, 0.1) is 0 Å². The molecule has 1 heterocycles. The van der Waals surface area contributed by atoms with E-state index < -0.39 is 0 Å². The van der Waals surface area contributed by atoms with Gasteiger partial charge in [0.25, 0.3) is 0 Å². The Morgan fingerprint density at radius 1 is 1.44 bits per heavy atom. The number of benzene rings is 1. The summed E-state index contributed by atoms with van der Waals surface area (Å²) in [6, 6.07) is 8.04. The molecule has 0 unspecified atom stereocenters. The maximum absolute atomic E-state index is 5.55. The van der Waals surface area contributed by atoms with Crippen molar-refractivity contribution in [2.24, 2.45) is 5.73 Å². The molecule has 84 valence electrons. The molecule has 16 heavy (non-hydrogen) atoms. The summed E-state index contributed by atoms with van der Waals surface area (Å²) in [5.41, 5.74) is 6.76. The van der Waals surface area contributed by atoms with Gasteiger partial charge in [0.1, 0.15) is 5.75 Å². The van der Waals surface area contributed by atoms with Gasteiger partial charge in [0.05, 0.1) is 12.1 Å². The van der Waals surface area contributed by atoms with Gasteiger partial charge in [-0.05, 0) is 17.7 Å². The summed E-state index contributed by atoms with van der Waals surface area (Å²) in [6.07, 6.45) is 2.68. The first-order chi connectivity index (χ1) is 7.81. The normalized spacial score (nSPS) is 10.4. The van der Waals surface area contributed by atoms with Crippen LogP contribution >= 0.6 is 11.3 Å². The third kappa shape index (κ3) is 2.59. The Balaban J connectivity index is 2.13. The number of nitrogens with zero attached hydrogens (tertiary/aromatic N) is 1. The minimum absolute atomic E-state index is 0.565. The van der Waals surface area contributed by atoms with Gasteiger partial charge in [0.15, 0.2) is 0 Å². The molecule has 0 spiro atoms. The fourth-order valence-electron chi connectivity index (χ4n) is 1.48. The zero-order chi connectivity index (χ0) is 11.4. The summed E-state index contributed by atoms with van der Waals surface area (Å²) in [5.74, 6) is 0.883. The highest BCUT2D eigenvalue weighted by molar-refractivity contribution is 7.11. The topological polar surface area (TPSA) is 48.1 Å². The van der Waals surface area contributed by atoms with Crippen LogP contribution in [0.2, 0.25) is 0 Å². The van der Waals surface area contributed by atoms with Crippen molar-refractivity contribution in [1.29, 1.82) is 0 Å². The Bertz CT molecular complexity index is 468. The Kier molecular flexibility index (Phi) is 3.54. The summed E-state index contributed by atoms with van der Waals surface area (Å²) in [4.78, 5) is 5.46. The Morgan fingerprint density at radius 2 is 2.31 bits per heavy atom. The highest BCUT2D eigenvalue weighted by Crippen LogP contribution is 2.19. The highest BCUT2D eigenvalue weighted by Gasteiger charge is 2.03. The molecular weight excluding hydrogens is 220 g/mol. The van der Waals surface area contributed by atoms with Crippen molar-refractivity contribution in [2.75, 3.05) is 7.11 Å². The average molecular weight is 234 g/mol. The first-order valence-electron chi connectivity index (χ1n) is 5.08. The molecule has 0 aliphatic rings. The minimum atomic E-state index is 0.565. The number of aromatic nitrogens is 1. The lowest BCUT2D eigenvalue weighted by Crippen LogP contribution is -1.91. The van der Waals surface area contributed by atoms with Gasteiger partial charge in [-0.1, -0.05) is 12.1 Å². The lowest BCUT2D eigenvalue weighted by atomic mass is 10.1. The minimum Gasteiger partial charge on any atom is -0.497 e. The van der Waals surface area contributed by atoms with Crippen molar-refractivity contribution in [3.05, 3.63) is 45.9 Å². The molecule has 0 atom stereocenters. The summed E-state index contributed by atoms with van der Waals surface area (Å²) >= 11 is 1.66. The fraction of sp³-hybridized carbons (Fsp3) is 0.250. The van der Waals surface area contributed by atoms with Crippen LogP contribution in [0.15, 0.2) is 30.5 Å². The van der Waals surface area contributed by atoms with Crippen LogP contribution < -0.4 is 10.5 Å². The summed E-state index contributed by atoms with van der Waals surface area (Å²) in [7, 11) is 1.68. The van der Waals surface area contributed by atoms with Gasteiger partial charge in [0.2, 0.25) is 0 Å². The number of ether oxygens (including phenoxy) is 1. The average Bonchev–Trinajstić information content (AvgIpc) is 2.77. The van der Waals surface area contributed by atoms with E-state index in [2.05, 4.69) is 11.1 Å². The van der Waals surface area contributed by atoms with Crippen LogP contribution in [0.4, 0.5) is 0 Å². The third-order valence-corrected chi connectivity index (χ3v) is 3.31. The molecule has 0 bridgehead atoms. The van der Waals surface area contributed by atoms with E-state index in [0.29, 0.717) is 6.54 Å². The van der Waals surface area contributed by atoms with Crippen LogP contribution in [0.25, 0.3) is 0 Å². The van der Waals surface area contributed by atoms with Crippen molar-refractivity contribution < 1.29 is 4.74 Å². The van der Waals surface area contributed by atoms with Gasteiger partial charge >= 0.3 is 0 Å². The number of thiazole rings is 1. The van der Waals surface area contributed by atoms with Crippen LogP contribution in [0.1, 0.15) is 15.4 Å². The molecule has 0 fully saturated rings. The van der Waals surface area contributed by atoms with E-state index in [9.17, 15) is 0 Å². The van der Waals surface area contributed by atoms with Gasteiger partial charge in [-0.2, -0.15) is 0 Å². The van der Waals surface area contributed by atoms with Gasteiger partial charge in [0, 0.05) is 24.0 Å². The number of methoxy groups -OCH3 is 1. The molecule has 2 aromatic rings. The van der Waals surface area contributed by atoms with Gasteiger partial charge < -0.3 is 10.5 Å². The second kappa shape index (κ2) is 5.09. The molecule has 2 rings (SSSR count). The Labute approximate surface area is 98.9 Å². The third-order valence-electron chi connectivity index (χ3n) is 2.29. The lowest BCUT2D eigenvalue weighted by Gasteiger charge is -2.02. The standard InChI is InChI=1S/C12H14N2OS/c1-15-10-4-2-3-9(5-10)6-12-14-8-11(7-13)16-12/h2-5,8H,6-7,13H2,1H3. The molecule has 0 aliphatic heterocycles. The van der Waals surface area contributed by atoms with Crippen molar-refractivity contribution >= 4 is 11.3 Å². The maximum atomic E-state index is 5.55. The van der Waals surface area contributed by atoms with Crippen molar-refractivity contribution in [1.82, 2.24) is 4.98 Å². The molecule has 0 aliphatic carbocycles. The second-order valence-corrected chi connectivity index (χ2v) is 4.65. The quantitative estimate of drug-likeness (QED) is 0.882. The first kappa shape index (κ1) is 11.1. The van der Waals surface area contributed by atoms with Gasteiger partial charge in [-0.25, -0.2) is 4.98 Å². The SMILES string of the molecule is COc1cccc(Cc2ncc(CN)s2)c1. The van der Waals surface area contributed by atoms with Crippen molar-refractivity contribution in [2.45, 2.75) is 13.0 Å². The van der Waals surface area contributed by atoms with E-state index in [-0.39, 0.29) is 0 Å². The fourth-order valence-corrected chi connectivity index (χ4v) is 2.32. The molecule has 4 heteroatoms. The molecule has 0 amide bonds. The van der Waals surface area contributed by atoms with Gasteiger partial charge in [-0.3, -0.25) is 0 Å². The van der Waals surface area contributed by atoms with E-state index in [0.717, 1.165) is 22.1 Å². The van der Waals surface area contributed by atoms with Crippen LogP contribution in [-0.4, -0.2) is 12.1 Å². The molecule has 0 saturated heterocycles. The van der Waals surface area contributed by atoms with Crippen molar-refractivity contribution in [3.8, 4) is 5.75 Å². The van der Waals surface area contributed by atoms with Gasteiger partial charge in [-0.15, -0.1) is 11.3 Å². The largest absolute Gasteiger partial charge is 0.497 e. The van der Waals surface area contributed by atoms with E-state index in [1.165, 1.54) is 5.56 Å². The lowest BCUT2D eigenvalue weighted by molar-refractivity contribution is 0.414. The van der Waals surface area contributed by atoms with Crippen LogP contribution in [-0.2, 0) is 13.0 Å². The maximum Gasteiger partial charge on any atom is 0.119 e. The number of nitrogens with two attached hydrogens (primary N) is 1. The van der Waals surface area contributed by atoms with E-state index in [4.69, 9.17) is 10.5 Å². The molecule has 1 aromatic carbocycles. The second-order valence-electron chi connectivity index (χ2n) is 3.45. The predicted octanol–water partition coefficient (Wildman–Crippen LogP) is 2.20. The molecule has 2 N–H and O–H groups in total. The molecule has 1 aromatic heterocycles. The Morgan fingerprint density at radius 3 is 3.00 bits per heavy atom. The monoisotopic (exact) mass is 234 g/mol. The zero-order valence-electron chi connectivity index (χ0n) is 9.14. The number of hydrogen-bond donors (Lipinski definition) is 1. The van der Waals surface area contributed by atoms with Crippen molar-refractivity contribution in [3.63, 3.8) is 0 Å².